The van der Waals surface area contributed by atoms with Gasteiger partial charge in [0.05, 0.1) is 94.7 Å². The van der Waals surface area contributed by atoms with Crippen molar-refractivity contribution < 1.29 is 146 Å². The molecular formula is C79H136N12O30. The molecule has 42 nitrogen and oxygen atoms in total. The summed E-state index contributed by atoms with van der Waals surface area (Å²) in [5.74, 6) is -0.0196. The first kappa shape index (κ1) is 101. The van der Waals surface area contributed by atoms with Crippen LogP contribution >= 0.6 is 0 Å². The minimum atomic E-state index is -1.46. The summed E-state index contributed by atoms with van der Waals surface area (Å²) in [5, 5.41) is 123. The van der Waals surface area contributed by atoms with Crippen LogP contribution in [-0.4, -0.2) is 339 Å². The van der Waals surface area contributed by atoms with Crippen molar-refractivity contribution in [2.75, 3.05) is 132 Å². The van der Waals surface area contributed by atoms with Crippen molar-refractivity contribution in [1.82, 2.24) is 58.5 Å². The first-order chi connectivity index (χ1) is 58.1. The van der Waals surface area contributed by atoms with Gasteiger partial charge in [0.2, 0.25) is 65.0 Å². The molecule has 42 heteroatoms. The molecule has 3 aliphatic heterocycles. The second-order valence-corrected chi connectivity index (χ2v) is 32.7. The fourth-order valence-corrected chi connectivity index (χ4v) is 17.6. The van der Waals surface area contributed by atoms with Crippen LogP contribution in [-0.2, 0) is 100 Å². The SMILES string of the molecule is CC(=O)NC1C(O)[C@@H](O)C(CO)O[C@H]1OCCCCC(=O)NCCCNC(=O)CCOCC(COCCC(=O)NCCCNC(=O)CCCCO[C@@H]1OC2C3(CO)C(C(O)[C@H]3O)C21NC(C)=O)(COCCC(=O)NCCCNC(=O)CCCCO[C@@H]1OC2C3(CO)C(C(O)[C@H]3O)C21NC(C)=O)NC(=O)CCCCCCCCCCCNC(=O)CON. The van der Waals surface area contributed by atoms with E-state index in [-0.39, 0.29) is 209 Å². The third-order valence-electron chi connectivity index (χ3n) is 23.6. The van der Waals surface area contributed by atoms with Crippen molar-refractivity contribution in [3.8, 4) is 0 Å². The highest BCUT2D eigenvalue weighted by Gasteiger charge is 2.92. The number of fused-ring (bicyclic) bond motifs is 8. The summed E-state index contributed by atoms with van der Waals surface area (Å²) in [5.41, 5.74) is -5.76. The minimum Gasteiger partial charge on any atom is -0.396 e. The third-order valence-corrected chi connectivity index (χ3v) is 23.6. The van der Waals surface area contributed by atoms with Gasteiger partial charge >= 0.3 is 0 Å². The van der Waals surface area contributed by atoms with E-state index in [1.165, 1.54) is 20.8 Å². The van der Waals surface area contributed by atoms with Crippen molar-refractivity contribution in [2.45, 2.75) is 278 Å². The summed E-state index contributed by atoms with van der Waals surface area (Å²) >= 11 is 0. The average molecular weight is 1730 g/mol. The molecule has 0 aromatic carbocycles. The molecule has 7 aliphatic rings. The Morgan fingerprint density at radius 1 is 0.380 bits per heavy atom. The van der Waals surface area contributed by atoms with E-state index in [0.29, 0.717) is 70.8 Å². The Kier molecular flexibility index (Phi) is 42.8. The van der Waals surface area contributed by atoms with Crippen LogP contribution in [0.25, 0.3) is 0 Å². The molecule has 0 spiro atoms. The fraction of sp³-hybridized carbons (Fsp3) is 0.861. The zero-order valence-electron chi connectivity index (χ0n) is 70.2. The number of carbonyl (C=O) groups excluding carboxylic acids is 11. The zero-order valence-corrected chi connectivity index (χ0v) is 70.2. The Labute approximate surface area is 705 Å². The molecule has 22 N–H and O–H groups in total. The lowest BCUT2D eigenvalue weighted by Crippen LogP contribution is -3.01. The molecule has 0 radical (unpaired) electrons. The minimum absolute atomic E-state index is 0.0780. The number of hydrogen-bond acceptors (Lipinski definition) is 31. The molecule has 0 bridgehead atoms. The van der Waals surface area contributed by atoms with Crippen LogP contribution in [0.15, 0.2) is 0 Å². The van der Waals surface area contributed by atoms with Gasteiger partial charge in [0, 0.05) is 143 Å². The predicted molar refractivity (Wildman–Crippen MR) is 424 cm³/mol. The van der Waals surface area contributed by atoms with Crippen LogP contribution < -0.4 is 64.4 Å². The second kappa shape index (κ2) is 51.1. The van der Waals surface area contributed by atoms with Crippen molar-refractivity contribution in [3.05, 3.63) is 0 Å². The number of unbranched alkanes of at least 4 members (excludes halogenated alkanes) is 11. The van der Waals surface area contributed by atoms with Crippen LogP contribution in [0.3, 0.4) is 0 Å². The van der Waals surface area contributed by atoms with Gasteiger partial charge in [-0.25, -0.2) is 5.90 Å². The maximum absolute atomic E-state index is 14.0. The van der Waals surface area contributed by atoms with E-state index in [1.807, 2.05) is 0 Å². The van der Waals surface area contributed by atoms with Gasteiger partial charge in [-0.1, -0.05) is 44.9 Å². The number of amides is 11. The van der Waals surface area contributed by atoms with Crippen molar-refractivity contribution in [2.24, 2.45) is 28.6 Å². The lowest BCUT2D eigenvalue weighted by atomic mass is 9.32. The summed E-state index contributed by atoms with van der Waals surface area (Å²) in [7, 11) is 0. The molecule has 7 fully saturated rings. The van der Waals surface area contributed by atoms with Crippen LogP contribution in [0.5, 0.6) is 0 Å². The third kappa shape index (κ3) is 27.4. The van der Waals surface area contributed by atoms with Gasteiger partial charge < -0.3 is 147 Å². The molecule has 4 aliphatic carbocycles. The normalized spacial score (nSPS) is 29.1. The molecule has 11 amide bonds. The van der Waals surface area contributed by atoms with Crippen molar-refractivity contribution in [3.63, 3.8) is 0 Å². The lowest BCUT2D eigenvalue weighted by Gasteiger charge is -2.82. The molecule has 19 atom stereocenters. The number of rotatable bonds is 66. The molecule has 7 rings (SSSR count). The van der Waals surface area contributed by atoms with Crippen LogP contribution in [0, 0.1) is 22.7 Å². The quantitative estimate of drug-likeness (QED) is 0.0199. The molecule has 13 unspecified atom stereocenters. The molecule has 3 heterocycles. The summed E-state index contributed by atoms with van der Waals surface area (Å²) in [6.07, 6.45) is -1.20. The molecule has 121 heavy (non-hydrogen) atoms. The van der Waals surface area contributed by atoms with Gasteiger partial charge in [0.1, 0.15) is 59.8 Å². The number of hydrogen-bond donors (Lipinski definition) is 21. The van der Waals surface area contributed by atoms with Gasteiger partial charge in [-0.2, -0.15) is 0 Å². The van der Waals surface area contributed by atoms with Gasteiger partial charge in [0.25, 0.3) is 0 Å². The van der Waals surface area contributed by atoms with Gasteiger partial charge in [-0.05, 0) is 70.6 Å². The van der Waals surface area contributed by atoms with Gasteiger partial charge in [-0.15, -0.1) is 0 Å². The number of aliphatic hydroxyl groups is 9. The molecular weight excluding hydrogens is 1600 g/mol. The molecule has 692 valence electrons. The van der Waals surface area contributed by atoms with Gasteiger partial charge in [-0.3, -0.25) is 57.6 Å². The van der Waals surface area contributed by atoms with E-state index in [2.05, 4.69) is 63.3 Å². The summed E-state index contributed by atoms with van der Waals surface area (Å²) in [6.45, 7) is 3.53. The van der Waals surface area contributed by atoms with E-state index >= 15 is 0 Å². The Hall–Kier alpha value is -6.63. The standard InChI is InChI=1S/C79H136N12O30/c1-49(95)88-61-63(107)62(106)52(42-92)119-70(61)115-36-16-12-22-53(98)81-30-19-33-84-56(101)26-39-112-46-75(91-59(104)25-11-9-7-5-4-6-8-10-15-29-87-60(105)43-118-80,47-113-40-27-57(102)85-34-20-31-82-54(99)23-13-17-37-116-73-78(89-50(2)96)66-64(108)68(110)76(66,44-93)71(78)120-73)48-114-41-28-58(103)86-35-21-32-83-55(100)24-14-18-38-117-74-79(90-51(3)97)67-65(109)69(111)77(67,45-94)72(79)121-74/h52,61-74,92-94,106-111H,4-48,80H2,1-3H3,(H,81,98)(H,82,99)(H,83,100)(H,84,101)(H,85,102)(H,86,103)(H,87,105)(H,88,95)(H,89,96)(H,90,97)(H,91,104)/t52?,61?,62-,63?,64?,65?,66?,67?,68+,69+,70+,71?,72?,73+,74+,75?,76?,77?,78?,79?/m0/s1. The van der Waals surface area contributed by atoms with Crippen molar-refractivity contribution >= 4 is 65.0 Å². The second-order valence-electron chi connectivity index (χ2n) is 32.7. The average Bonchev–Trinajstić information content (AvgIpc) is 0.630. The van der Waals surface area contributed by atoms with Crippen LogP contribution in [0.4, 0.5) is 0 Å². The highest BCUT2D eigenvalue weighted by atomic mass is 16.7. The maximum Gasteiger partial charge on any atom is 0.248 e. The molecule has 3 saturated heterocycles. The zero-order chi connectivity index (χ0) is 88.2. The number of nitrogens with two attached hydrogens (primary N) is 1. The Balaban J connectivity index is 0.839. The lowest BCUT2D eigenvalue weighted by molar-refractivity contribution is -0.496. The first-order valence-electron chi connectivity index (χ1n) is 42.9. The van der Waals surface area contributed by atoms with E-state index in [4.69, 9.17) is 48.5 Å². The predicted octanol–water partition coefficient (Wildman–Crippen LogP) is -5.77. The number of carbonyl (C=O) groups is 11. The van der Waals surface area contributed by atoms with E-state index in [0.717, 1.165) is 51.4 Å². The largest absolute Gasteiger partial charge is 0.396 e. The number of nitrogens with one attached hydrogen (secondary N) is 11. The van der Waals surface area contributed by atoms with Crippen molar-refractivity contribution in [1.29, 1.82) is 0 Å². The highest BCUT2D eigenvalue weighted by Crippen LogP contribution is 2.74. The summed E-state index contributed by atoms with van der Waals surface area (Å²) < 4.78 is 53.2. The molecule has 0 aromatic rings. The first-order valence-corrected chi connectivity index (χ1v) is 42.9. The number of ether oxygens (including phenoxy) is 9. The molecule has 0 aromatic heterocycles. The Bertz CT molecular complexity index is 3160. The topological polar surface area (TPSA) is 620 Å². The Morgan fingerprint density at radius 2 is 0.727 bits per heavy atom. The number of aliphatic hydroxyl groups excluding tert-OH is 9. The van der Waals surface area contributed by atoms with E-state index in [1.54, 1.807) is 0 Å². The fourth-order valence-electron chi connectivity index (χ4n) is 17.6. The monoisotopic (exact) mass is 1730 g/mol. The van der Waals surface area contributed by atoms with E-state index < -0.39 is 145 Å². The highest BCUT2D eigenvalue weighted by molar-refractivity contribution is 5.80. The van der Waals surface area contributed by atoms with E-state index in [9.17, 15) is 98.7 Å². The maximum atomic E-state index is 14.0. The van der Waals surface area contributed by atoms with Gasteiger partial charge in [0.15, 0.2) is 18.9 Å². The van der Waals surface area contributed by atoms with Crippen LogP contribution in [0.1, 0.15) is 181 Å². The summed E-state index contributed by atoms with van der Waals surface area (Å²) in [4.78, 5) is 144. The summed E-state index contributed by atoms with van der Waals surface area (Å²) in [6, 6.07) is -1.10. The Morgan fingerprint density at radius 3 is 1.10 bits per heavy atom. The molecule has 4 saturated carbocycles. The van der Waals surface area contributed by atoms with Crippen LogP contribution in [0.2, 0.25) is 0 Å². The smallest absolute Gasteiger partial charge is 0.248 e.